The number of carbonyl (C=O) groups is 2. The fourth-order valence-corrected chi connectivity index (χ4v) is 4.96. The molecule has 39 heavy (non-hydrogen) atoms. The summed E-state index contributed by atoms with van der Waals surface area (Å²) in [5.41, 5.74) is 2.36. The highest BCUT2D eigenvalue weighted by molar-refractivity contribution is 6.35. The number of hydrogen-bond donors (Lipinski definition) is 1. The molecule has 1 N–H and O–H groups in total. The van der Waals surface area contributed by atoms with E-state index in [-0.39, 0.29) is 40.5 Å². The van der Waals surface area contributed by atoms with Gasteiger partial charge in [0, 0.05) is 62.2 Å². The molecule has 2 aromatic carbocycles. The van der Waals surface area contributed by atoms with Crippen molar-refractivity contribution in [2.45, 2.75) is 6.92 Å². The van der Waals surface area contributed by atoms with Crippen LogP contribution >= 0.6 is 11.6 Å². The molecule has 1 aliphatic rings. The summed E-state index contributed by atoms with van der Waals surface area (Å²) in [7, 11) is 3.21. The van der Waals surface area contributed by atoms with Crippen LogP contribution in [0.3, 0.4) is 0 Å². The Bertz CT molecular complexity index is 1610. The summed E-state index contributed by atoms with van der Waals surface area (Å²) in [5.74, 6) is -0.682. The van der Waals surface area contributed by atoms with Gasteiger partial charge in [0.1, 0.15) is 11.3 Å². The largest absolute Gasteiger partial charge is 0.453 e. The second kappa shape index (κ2) is 10.5. The summed E-state index contributed by atoms with van der Waals surface area (Å²) in [4.78, 5) is 38.2. The lowest BCUT2D eigenvalue weighted by Crippen LogP contribution is -2.48. The molecule has 2 aromatic heterocycles. The van der Waals surface area contributed by atoms with Crippen LogP contribution in [-0.4, -0.2) is 88.7 Å². The van der Waals surface area contributed by atoms with Gasteiger partial charge in [0.15, 0.2) is 12.4 Å². The highest BCUT2D eigenvalue weighted by atomic mass is 35.5. The van der Waals surface area contributed by atoms with E-state index in [1.165, 1.54) is 11.0 Å². The van der Waals surface area contributed by atoms with E-state index in [4.69, 9.17) is 16.3 Å². The second-order valence-corrected chi connectivity index (χ2v) is 9.86. The van der Waals surface area contributed by atoms with Gasteiger partial charge in [0.05, 0.1) is 16.7 Å². The molecule has 1 fully saturated rings. The number of ether oxygens (including phenoxy) is 1. The van der Waals surface area contributed by atoms with E-state index in [2.05, 4.69) is 26.7 Å². The molecule has 0 aliphatic carbocycles. The van der Waals surface area contributed by atoms with Crippen LogP contribution in [0.2, 0.25) is 5.02 Å². The van der Waals surface area contributed by atoms with E-state index in [0.717, 1.165) is 16.5 Å². The third-order valence-electron chi connectivity index (χ3n) is 6.81. The molecule has 12 heteroatoms. The van der Waals surface area contributed by atoms with Crippen LogP contribution < -0.4 is 9.64 Å². The first-order valence-electron chi connectivity index (χ1n) is 12.3. The number of anilines is 1. The van der Waals surface area contributed by atoms with Gasteiger partial charge in [0.25, 0.3) is 5.91 Å². The minimum absolute atomic E-state index is 0.0104. The first kappa shape index (κ1) is 26.4. The van der Waals surface area contributed by atoms with Crippen molar-refractivity contribution in [2.24, 2.45) is 0 Å². The molecule has 4 aromatic rings. The number of rotatable bonds is 6. The van der Waals surface area contributed by atoms with Crippen molar-refractivity contribution in [2.75, 3.05) is 51.8 Å². The number of H-pyrrole nitrogens is 1. The molecule has 202 valence electrons. The number of aromatic amines is 1. The number of piperazine rings is 1. The molecule has 0 spiro atoms. The van der Waals surface area contributed by atoms with E-state index in [0.29, 0.717) is 42.9 Å². The number of carbonyl (C=O) groups excluding carboxylic acids is 2. The maximum absolute atomic E-state index is 16.5. The summed E-state index contributed by atoms with van der Waals surface area (Å²) in [6.45, 7) is 6.86. The Kier molecular flexibility index (Phi) is 7.09. The monoisotopic (exact) mass is 551 g/mol. The van der Waals surface area contributed by atoms with Gasteiger partial charge in [-0.2, -0.15) is 15.1 Å². The van der Waals surface area contributed by atoms with Crippen molar-refractivity contribution in [3.63, 3.8) is 0 Å². The molecule has 0 bridgehead atoms. The second-order valence-electron chi connectivity index (χ2n) is 9.46. The summed E-state index contributed by atoms with van der Waals surface area (Å²) in [6, 6.07) is 5.26. The summed E-state index contributed by atoms with van der Waals surface area (Å²) in [5, 5.41) is 8.33. The van der Waals surface area contributed by atoms with Crippen LogP contribution in [0.4, 0.5) is 10.2 Å². The number of nitrogens with one attached hydrogen (secondary N) is 1. The topological polar surface area (TPSA) is 108 Å². The molecule has 0 atom stereocenters. The number of benzene rings is 2. The Labute approximate surface area is 229 Å². The van der Waals surface area contributed by atoms with Gasteiger partial charge in [0.2, 0.25) is 5.91 Å². The van der Waals surface area contributed by atoms with Crippen LogP contribution in [0.5, 0.6) is 6.01 Å². The molecular formula is C27H27ClFN7O3. The van der Waals surface area contributed by atoms with Crippen molar-refractivity contribution >= 4 is 51.0 Å². The molecule has 0 saturated carbocycles. The maximum atomic E-state index is 16.5. The third-order valence-corrected chi connectivity index (χ3v) is 7.11. The number of nitrogens with zero attached hydrogens (tertiary/aromatic N) is 6. The lowest BCUT2D eigenvalue weighted by Gasteiger charge is -2.35. The molecular weight excluding hydrogens is 525 g/mol. The van der Waals surface area contributed by atoms with E-state index in [1.807, 2.05) is 24.0 Å². The number of hydrogen-bond acceptors (Lipinski definition) is 7. The van der Waals surface area contributed by atoms with Gasteiger partial charge in [-0.25, -0.2) is 4.39 Å². The van der Waals surface area contributed by atoms with E-state index in [1.54, 1.807) is 31.3 Å². The van der Waals surface area contributed by atoms with Gasteiger partial charge in [-0.3, -0.25) is 14.7 Å². The molecule has 5 rings (SSSR count). The molecule has 0 unspecified atom stereocenters. The van der Waals surface area contributed by atoms with Gasteiger partial charge >= 0.3 is 6.01 Å². The van der Waals surface area contributed by atoms with Crippen molar-refractivity contribution in [1.82, 2.24) is 30.0 Å². The first-order valence-corrected chi connectivity index (χ1v) is 12.7. The zero-order valence-electron chi connectivity index (χ0n) is 21.8. The first-order chi connectivity index (χ1) is 18.7. The van der Waals surface area contributed by atoms with Gasteiger partial charge in [-0.15, -0.1) is 0 Å². The zero-order valence-corrected chi connectivity index (χ0v) is 22.5. The minimum atomic E-state index is -0.637. The van der Waals surface area contributed by atoms with Gasteiger partial charge in [-0.05, 0) is 30.7 Å². The smallest absolute Gasteiger partial charge is 0.319 e. The van der Waals surface area contributed by atoms with Crippen molar-refractivity contribution in [1.29, 1.82) is 0 Å². The number of aromatic nitrogens is 4. The third kappa shape index (κ3) is 4.85. The molecule has 3 heterocycles. The average molecular weight is 552 g/mol. The van der Waals surface area contributed by atoms with Crippen LogP contribution in [-0.2, 0) is 9.59 Å². The zero-order chi connectivity index (χ0) is 27.8. The van der Waals surface area contributed by atoms with Crippen LogP contribution in [0.1, 0.15) is 5.56 Å². The average Bonchev–Trinajstić information content (AvgIpc) is 3.41. The fraction of sp³-hybridized carbons (Fsp3) is 0.296. The Balaban J connectivity index is 1.66. The normalized spacial score (nSPS) is 13.7. The van der Waals surface area contributed by atoms with Crippen molar-refractivity contribution in [3.8, 4) is 17.1 Å². The Morgan fingerprint density at radius 3 is 2.62 bits per heavy atom. The Morgan fingerprint density at radius 1 is 1.18 bits per heavy atom. The van der Waals surface area contributed by atoms with E-state index < -0.39 is 5.82 Å². The number of aryl methyl sites for hydroxylation is 1. The SMILES string of the molecule is C=CC(=O)N1CCN(c2nc(OCC(=O)N(C)C)nc3c(F)c(-c4c(C)ccc5[nH]ncc45)c(Cl)cc23)CC1. The van der Waals surface area contributed by atoms with Gasteiger partial charge in [-0.1, -0.05) is 24.2 Å². The predicted octanol–water partition coefficient (Wildman–Crippen LogP) is 3.58. The van der Waals surface area contributed by atoms with E-state index >= 15 is 4.39 Å². The maximum Gasteiger partial charge on any atom is 0.319 e. The summed E-state index contributed by atoms with van der Waals surface area (Å²) >= 11 is 6.76. The molecule has 10 nitrogen and oxygen atoms in total. The number of amides is 2. The van der Waals surface area contributed by atoms with Crippen LogP contribution in [0.25, 0.3) is 32.9 Å². The summed E-state index contributed by atoms with van der Waals surface area (Å²) in [6.07, 6.45) is 2.91. The quantitative estimate of drug-likeness (QED) is 0.365. The fourth-order valence-electron chi connectivity index (χ4n) is 4.68. The molecule has 1 aliphatic heterocycles. The molecule has 2 amide bonds. The number of halogens is 2. The van der Waals surface area contributed by atoms with Crippen molar-refractivity contribution < 1.29 is 18.7 Å². The Morgan fingerprint density at radius 2 is 1.92 bits per heavy atom. The van der Waals surface area contributed by atoms with Crippen molar-refractivity contribution in [3.05, 3.63) is 53.5 Å². The van der Waals surface area contributed by atoms with Crippen LogP contribution in [0, 0.1) is 12.7 Å². The van der Waals surface area contributed by atoms with E-state index in [9.17, 15) is 9.59 Å². The molecule has 1 saturated heterocycles. The highest BCUT2D eigenvalue weighted by Crippen LogP contribution is 2.42. The highest BCUT2D eigenvalue weighted by Gasteiger charge is 2.27. The predicted molar refractivity (Wildman–Crippen MR) is 148 cm³/mol. The molecule has 0 radical (unpaired) electrons. The summed E-state index contributed by atoms with van der Waals surface area (Å²) < 4.78 is 22.1. The standard InChI is InChI=1S/C27H27ClFN7O3/c1-5-20(37)35-8-10-36(11-9-35)26-16-12-18(28)23(22-15(2)6-7-19-17(22)13-30-33-19)24(29)25(16)31-27(32-26)39-14-21(38)34(3)4/h5-7,12-13H,1,8-11,14H2,2-4H3,(H,30,33). The van der Waals surface area contributed by atoms with Gasteiger partial charge < -0.3 is 19.4 Å². The Hall–Kier alpha value is -4.25. The lowest BCUT2D eigenvalue weighted by atomic mass is 9.95. The number of likely N-dealkylation sites (N-methyl/N-ethyl adjacent to an activating group) is 1. The lowest BCUT2D eigenvalue weighted by molar-refractivity contribution is -0.131. The number of fused-ring (bicyclic) bond motifs is 2. The van der Waals surface area contributed by atoms with Crippen LogP contribution in [0.15, 0.2) is 37.1 Å². The minimum Gasteiger partial charge on any atom is -0.453 e.